The van der Waals surface area contributed by atoms with Gasteiger partial charge in [0.25, 0.3) is 0 Å². The summed E-state index contributed by atoms with van der Waals surface area (Å²) in [5, 5.41) is 121. The normalized spacial score (nSPS) is 28.2. The first-order valence-electron chi connectivity index (χ1n) is 36.0. The predicted molar refractivity (Wildman–Crippen MR) is 355 cm³/mol. The van der Waals surface area contributed by atoms with Gasteiger partial charge in [0.1, 0.15) is 73.2 Å². The molecule has 3 saturated heterocycles. The van der Waals surface area contributed by atoms with Crippen LogP contribution in [-0.4, -0.2) is 193 Å². The van der Waals surface area contributed by atoms with Crippen molar-refractivity contribution in [3.63, 3.8) is 0 Å². The lowest BCUT2D eigenvalue weighted by atomic mass is 9.96. The zero-order chi connectivity index (χ0) is 66.1. The van der Waals surface area contributed by atoms with Crippen molar-refractivity contribution in [1.82, 2.24) is 5.32 Å². The summed E-state index contributed by atoms with van der Waals surface area (Å²) in [7, 11) is 0. The van der Waals surface area contributed by atoms with Crippen LogP contribution in [0.1, 0.15) is 258 Å². The topological polar surface area (TPSA) is 307 Å². The highest BCUT2D eigenvalue weighted by Gasteiger charge is 2.53. The van der Waals surface area contributed by atoms with E-state index in [1.54, 1.807) is 6.08 Å². The summed E-state index contributed by atoms with van der Waals surface area (Å²) in [4.78, 5) is 13.4. The Morgan fingerprint density at radius 1 is 0.396 bits per heavy atom. The molecule has 0 bridgehead atoms. The van der Waals surface area contributed by atoms with Crippen molar-refractivity contribution < 1.29 is 89.4 Å². The third-order valence-electron chi connectivity index (χ3n) is 17.8. The van der Waals surface area contributed by atoms with Crippen LogP contribution in [0.25, 0.3) is 0 Å². The zero-order valence-corrected chi connectivity index (χ0v) is 56.1. The predicted octanol–water partition coefficient (Wildman–Crippen LogP) is 9.94. The van der Waals surface area contributed by atoms with Gasteiger partial charge in [0, 0.05) is 6.42 Å². The number of amides is 1. The molecule has 3 aliphatic rings. The van der Waals surface area contributed by atoms with Crippen LogP contribution in [0.15, 0.2) is 60.8 Å². The number of aliphatic hydroxyl groups is 11. The third kappa shape index (κ3) is 35.4. The van der Waals surface area contributed by atoms with E-state index in [1.165, 1.54) is 148 Å². The molecule has 0 spiro atoms. The van der Waals surface area contributed by atoms with E-state index in [4.69, 9.17) is 28.4 Å². The molecule has 17 atom stereocenters. The minimum absolute atomic E-state index is 0.219. The van der Waals surface area contributed by atoms with Crippen molar-refractivity contribution in [3.8, 4) is 0 Å². The van der Waals surface area contributed by atoms with Crippen LogP contribution in [0.2, 0.25) is 0 Å². The van der Waals surface area contributed by atoms with Crippen LogP contribution in [0.3, 0.4) is 0 Å². The Kier molecular flexibility index (Phi) is 48.7. The van der Waals surface area contributed by atoms with Crippen molar-refractivity contribution in [1.29, 1.82) is 0 Å². The lowest BCUT2D eigenvalue weighted by Crippen LogP contribution is -2.66. The second-order valence-corrected chi connectivity index (χ2v) is 25.7. The van der Waals surface area contributed by atoms with Gasteiger partial charge < -0.3 is 89.9 Å². The van der Waals surface area contributed by atoms with E-state index in [1.807, 2.05) is 6.08 Å². The lowest BCUT2D eigenvalue weighted by Gasteiger charge is -2.48. The molecule has 3 fully saturated rings. The van der Waals surface area contributed by atoms with Gasteiger partial charge in [0.15, 0.2) is 18.9 Å². The first kappa shape index (κ1) is 82.7. The van der Waals surface area contributed by atoms with Crippen LogP contribution in [0.5, 0.6) is 0 Å². The molecule has 3 aliphatic heterocycles. The highest BCUT2D eigenvalue weighted by Crippen LogP contribution is 2.33. The molecule has 3 heterocycles. The molecule has 19 heteroatoms. The van der Waals surface area contributed by atoms with Crippen LogP contribution in [0, 0.1) is 0 Å². The first-order chi connectivity index (χ1) is 44.3. The molecule has 530 valence electrons. The maximum absolute atomic E-state index is 13.4. The number of carbonyl (C=O) groups is 1. The molecule has 0 aromatic rings. The molecule has 0 saturated carbocycles. The molecule has 17 unspecified atom stereocenters. The summed E-state index contributed by atoms with van der Waals surface area (Å²) < 4.78 is 34.3. The Hall–Kier alpha value is -2.51. The molecule has 1 amide bonds. The Morgan fingerprint density at radius 2 is 0.736 bits per heavy atom. The third-order valence-corrected chi connectivity index (χ3v) is 17.8. The zero-order valence-electron chi connectivity index (χ0n) is 56.1. The fourth-order valence-corrected chi connectivity index (χ4v) is 11.9. The van der Waals surface area contributed by atoms with Crippen molar-refractivity contribution in [3.05, 3.63) is 60.8 Å². The van der Waals surface area contributed by atoms with E-state index in [-0.39, 0.29) is 18.9 Å². The van der Waals surface area contributed by atoms with Gasteiger partial charge in [0.2, 0.25) is 5.91 Å². The average Bonchev–Trinajstić information content (AvgIpc) is 0.886. The highest BCUT2D eigenvalue weighted by atomic mass is 16.8. The van der Waals surface area contributed by atoms with Crippen molar-refractivity contribution >= 4 is 5.91 Å². The van der Waals surface area contributed by atoms with E-state index in [0.717, 1.165) is 77.0 Å². The molecule has 12 N–H and O–H groups in total. The SMILES string of the molecule is CCCCC/C=C\C/C=C\C/C=C\CCCCCCCCC(=O)NC(COC1OC(CO)C(OC2OC(CO)C(OC3OC(CO)C(O)C(O)C3O)C(O)C2O)C(O)C1O)C(O)/C=C/CC/C=C/CCCCCCCCCCCCCCCCCCCCCCC. The number of nitrogens with one attached hydrogen (secondary N) is 1. The van der Waals surface area contributed by atoms with Gasteiger partial charge in [-0.25, -0.2) is 0 Å². The molecule has 0 radical (unpaired) electrons. The number of aliphatic hydroxyl groups excluding tert-OH is 11. The molecule has 0 aromatic carbocycles. The fourth-order valence-electron chi connectivity index (χ4n) is 11.9. The molecule has 91 heavy (non-hydrogen) atoms. The van der Waals surface area contributed by atoms with Crippen LogP contribution in [-0.2, 0) is 33.2 Å². The van der Waals surface area contributed by atoms with Crippen LogP contribution < -0.4 is 5.32 Å². The van der Waals surface area contributed by atoms with Gasteiger partial charge >= 0.3 is 0 Å². The van der Waals surface area contributed by atoms with Crippen molar-refractivity contribution in [2.45, 2.75) is 362 Å². The summed E-state index contributed by atoms with van der Waals surface area (Å²) in [6.07, 6.45) is 39.2. The average molecular weight is 1300 g/mol. The second kappa shape index (κ2) is 53.6. The first-order valence-corrected chi connectivity index (χ1v) is 36.0. The summed E-state index contributed by atoms with van der Waals surface area (Å²) in [6, 6.07) is -1.00. The van der Waals surface area contributed by atoms with Crippen LogP contribution >= 0.6 is 0 Å². The quantitative estimate of drug-likeness (QED) is 0.0199. The number of hydrogen-bond donors (Lipinski definition) is 12. The fraction of sp³-hybridized carbons (Fsp3) is 0.847. The Balaban J connectivity index is 1.44. The Labute approximate surface area is 547 Å². The second-order valence-electron chi connectivity index (χ2n) is 25.7. The van der Waals surface area contributed by atoms with Crippen molar-refractivity contribution in [2.75, 3.05) is 26.4 Å². The van der Waals surface area contributed by atoms with E-state index in [0.29, 0.717) is 12.8 Å². The lowest BCUT2D eigenvalue weighted by molar-refractivity contribution is -0.379. The molecule has 0 aromatic heterocycles. The van der Waals surface area contributed by atoms with Gasteiger partial charge in [-0.3, -0.25) is 4.79 Å². The number of rotatable bonds is 55. The summed E-state index contributed by atoms with van der Waals surface area (Å²) in [5.41, 5.74) is 0. The van der Waals surface area contributed by atoms with Gasteiger partial charge in [-0.2, -0.15) is 0 Å². The largest absolute Gasteiger partial charge is 0.394 e. The number of carbonyl (C=O) groups excluding carboxylic acids is 1. The Morgan fingerprint density at radius 3 is 1.20 bits per heavy atom. The van der Waals surface area contributed by atoms with E-state index in [2.05, 4.69) is 67.8 Å². The smallest absolute Gasteiger partial charge is 0.220 e. The standard InChI is InChI=1S/C72H129NO18/c1-3-5-7-9-11-13-15-17-19-21-23-24-25-26-27-28-29-30-32-33-35-37-39-41-43-45-47-49-56(77)55(73-60(78)50-48-46-44-42-40-38-36-34-31-22-20-18-16-14-12-10-8-6-4-2)54-86-70-66(84)63(81)68(58(52-75)88-70)91-72-67(85)64(82)69(59(53-76)89-72)90-71-65(83)62(80)61(79)57(51-74)87-71/h12,14,18,20,31,34,39,41,47,49,55-59,61-72,74-77,79-85H,3-11,13,15-17,19,21-30,32-33,35-38,40,42-46,48,50-54H2,1-2H3,(H,73,78)/b14-12-,20-18-,34-31-,41-39+,49-47+. The van der Waals surface area contributed by atoms with E-state index < -0.39 is 124 Å². The van der Waals surface area contributed by atoms with Gasteiger partial charge in [-0.15, -0.1) is 0 Å². The molecular formula is C72H129NO18. The summed E-state index contributed by atoms with van der Waals surface area (Å²) in [6.45, 7) is 1.69. The monoisotopic (exact) mass is 1300 g/mol. The number of hydrogen-bond acceptors (Lipinski definition) is 18. The number of unbranched alkanes of at least 4 members (excludes halogenated alkanes) is 31. The van der Waals surface area contributed by atoms with E-state index >= 15 is 0 Å². The summed E-state index contributed by atoms with van der Waals surface area (Å²) >= 11 is 0. The molecule has 3 rings (SSSR count). The van der Waals surface area contributed by atoms with Gasteiger partial charge in [0.05, 0.1) is 38.6 Å². The Bertz CT molecular complexity index is 1890. The molecular weight excluding hydrogens is 1170 g/mol. The van der Waals surface area contributed by atoms with Gasteiger partial charge in [-0.05, 0) is 70.6 Å². The minimum atomic E-state index is -1.98. The molecule has 19 nitrogen and oxygen atoms in total. The maximum Gasteiger partial charge on any atom is 0.220 e. The molecule has 0 aliphatic carbocycles. The minimum Gasteiger partial charge on any atom is -0.394 e. The number of ether oxygens (including phenoxy) is 6. The maximum atomic E-state index is 13.4. The number of allylic oxidation sites excluding steroid dienone is 9. The van der Waals surface area contributed by atoms with Crippen LogP contribution in [0.4, 0.5) is 0 Å². The van der Waals surface area contributed by atoms with Crippen molar-refractivity contribution in [2.24, 2.45) is 0 Å². The summed E-state index contributed by atoms with van der Waals surface area (Å²) in [5.74, 6) is -0.298. The van der Waals surface area contributed by atoms with E-state index in [9.17, 15) is 61.0 Å². The van der Waals surface area contributed by atoms with Gasteiger partial charge in [-0.1, -0.05) is 242 Å². The highest BCUT2D eigenvalue weighted by molar-refractivity contribution is 5.76.